The average Bonchev–Trinajstić information content (AvgIpc) is 2.68. The van der Waals surface area contributed by atoms with Crippen molar-refractivity contribution in [3.05, 3.63) is 59.3 Å². The Labute approximate surface area is 159 Å². The van der Waals surface area contributed by atoms with E-state index in [1.165, 1.54) is 4.90 Å². The van der Waals surface area contributed by atoms with E-state index in [0.717, 1.165) is 16.3 Å². The third-order valence-corrected chi connectivity index (χ3v) is 4.97. The SMILES string of the molecule is COCCOC(=O)C1=C(C)N(C)C(=O)N(C)[C@@H]1c1ccc2ccccc2c1. The van der Waals surface area contributed by atoms with Crippen molar-refractivity contribution < 1.29 is 19.1 Å². The molecule has 142 valence electrons. The van der Waals surface area contributed by atoms with Gasteiger partial charge in [0.25, 0.3) is 0 Å². The summed E-state index contributed by atoms with van der Waals surface area (Å²) in [6, 6.07) is 13.3. The van der Waals surface area contributed by atoms with Gasteiger partial charge in [-0.2, -0.15) is 0 Å². The quantitative estimate of drug-likeness (QED) is 0.600. The van der Waals surface area contributed by atoms with Gasteiger partial charge in [0.2, 0.25) is 0 Å². The van der Waals surface area contributed by atoms with Crippen LogP contribution in [0.2, 0.25) is 0 Å². The lowest BCUT2D eigenvalue weighted by Gasteiger charge is -2.39. The molecule has 1 aliphatic rings. The Morgan fingerprint density at radius 2 is 1.78 bits per heavy atom. The molecule has 6 heteroatoms. The number of allylic oxidation sites excluding steroid dienone is 1. The number of urea groups is 1. The fourth-order valence-electron chi connectivity index (χ4n) is 3.39. The number of esters is 1. The van der Waals surface area contributed by atoms with Gasteiger partial charge in [0, 0.05) is 26.9 Å². The molecule has 0 bridgehead atoms. The van der Waals surface area contributed by atoms with Crippen LogP contribution in [0.3, 0.4) is 0 Å². The highest BCUT2D eigenvalue weighted by molar-refractivity contribution is 5.95. The van der Waals surface area contributed by atoms with Gasteiger partial charge in [-0.05, 0) is 29.3 Å². The van der Waals surface area contributed by atoms with Gasteiger partial charge in [-0.1, -0.05) is 36.4 Å². The molecule has 3 rings (SSSR count). The van der Waals surface area contributed by atoms with Crippen molar-refractivity contribution in [3.8, 4) is 0 Å². The van der Waals surface area contributed by atoms with Crippen LogP contribution in [-0.4, -0.2) is 56.2 Å². The van der Waals surface area contributed by atoms with Gasteiger partial charge in [-0.3, -0.25) is 0 Å². The molecule has 27 heavy (non-hydrogen) atoms. The van der Waals surface area contributed by atoms with Crippen molar-refractivity contribution in [2.75, 3.05) is 34.4 Å². The van der Waals surface area contributed by atoms with Crippen LogP contribution in [0.15, 0.2) is 53.7 Å². The van der Waals surface area contributed by atoms with Crippen molar-refractivity contribution in [2.24, 2.45) is 0 Å². The molecule has 0 aromatic heterocycles. The smallest absolute Gasteiger partial charge is 0.338 e. The lowest BCUT2D eigenvalue weighted by molar-refractivity contribution is -0.141. The summed E-state index contributed by atoms with van der Waals surface area (Å²) in [6.45, 7) is 2.26. The van der Waals surface area contributed by atoms with Gasteiger partial charge >= 0.3 is 12.0 Å². The van der Waals surface area contributed by atoms with E-state index in [1.807, 2.05) is 42.5 Å². The monoisotopic (exact) mass is 368 g/mol. The number of hydrogen-bond acceptors (Lipinski definition) is 4. The van der Waals surface area contributed by atoms with Gasteiger partial charge in [-0.25, -0.2) is 9.59 Å². The van der Waals surface area contributed by atoms with Crippen molar-refractivity contribution in [2.45, 2.75) is 13.0 Å². The minimum Gasteiger partial charge on any atom is -0.460 e. The summed E-state index contributed by atoms with van der Waals surface area (Å²) in [6.07, 6.45) is 0. The number of benzene rings is 2. The second-order valence-corrected chi connectivity index (χ2v) is 6.59. The van der Waals surface area contributed by atoms with E-state index in [0.29, 0.717) is 17.9 Å². The largest absolute Gasteiger partial charge is 0.460 e. The summed E-state index contributed by atoms with van der Waals surface area (Å²) < 4.78 is 10.3. The number of ether oxygens (including phenoxy) is 2. The van der Waals surface area contributed by atoms with Crippen LogP contribution in [-0.2, 0) is 14.3 Å². The molecule has 0 aliphatic carbocycles. The zero-order valence-electron chi connectivity index (χ0n) is 16.1. The molecule has 1 atom stereocenters. The normalized spacial score (nSPS) is 17.6. The first-order valence-electron chi connectivity index (χ1n) is 8.81. The van der Waals surface area contributed by atoms with E-state index in [2.05, 4.69) is 0 Å². The highest BCUT2D eigenvalue weighted by atomic mass is 16.6. The van der Waals surface area contributed by atoms with Gasteiger partial charge in [0.15, 0.2) is 0 Å². The molecule has 2 aromatic rings. The van der Waals surface area contributed by atoms with Crippen LogP contribution in [0.4, 0.5) is 4.79 Å². The van der Waals surface area contributed by atoms with Crippen molar-refractivity contribution in [1.82, 2.24) is 9.80 Å². The minimum atomic E-state index is -0.506. The Balaban J connectivity index is 2.07. The molecule has 2 amide bonds. The number of rotatable bonds is 5. The number of carbonyl (C=O) groups excluding carboxylic acids is 2. The number of amides is 2. The maximum absolute atomic E-state index is 12.8. The summed E-state index contributed by atoms with van der Waals surface area (Å²) in [4.78, 5) is 28.5. The predicted octanol–water partition coefficient (Wildman–Crippen LogP) is 3.34. The molecule has 1 heterocycles. The zero-order chi connectivity index (χ0) is 19.6. The van der Waals surface area contributed by atoms with Crippen LogP contribution in [0.5, 0.6) is 0 Å². The van der Waals surface area contributed by atoms with E-state index < -0.39 is 12.0 Å². The van der Waals surface area contributed by atoms with Crippen molar-refractivity contribution in [1.29, 1.82) is 0 Å². The first-order chi connectivity index (χ1) is 13.0. The molecule has 0 N–H and O–H groups in total. The summed E-state index contributed by atoms with van der Waals surface area (Å²) in [5.41, 5.74) is 1.93. The third kappa shape index (κ3) is 3.53. The Hall–Kier alpha value is -2.86. The number of fused-ring (bicyclic) bond motifs is 1. The fourth-order valence-corrected chi connectivity index (χ4v) is 3.39. The number of likely N-dealkylation sites (N-methyl/N-ethyl adjacent to an activating group) is 1. The standard InChI is InChI=1S/C21H24N2O4/c1-14-18(20(24)27-12-11-26-4)19(23(3)21(25)22(14)2)17-10-9-15-7-5-6-8-16(15)13-17/h5-10,13,19H,11-12H2,1-4H3/t19-/m1/s1. The molecule has 1 aliphatic heterocycles. The van der Waals surface area contributed by atoms with Crippen LogP contribution < -0.4 is 0 Å². The van der Waals surface area contributed by atoms with Crippen LogP contribution in [0.1, 0.15) is 18.5 Å². The number of hydrogen-bond donors (Lipinski definition) is 0. The predicted molar refractivity (Wildman–Crippen MR) is 103 cm³/mol. The maximum atomic E-state index is 12.8. The van der Waals surface area contributed by atoms with E-state index in [4.69, 9.17) is 9.47 Å². The second kappa shape index (κ2) is 7.80. The van der Waals surface area contributed by atoms with Crippen LogP contribution >= 0.6 is 0 Å². The molecule has 0 saturated carbocycles. The number of nitrogens with zero attached hydrogens (tertiary/aromatic N) is 2. The second-order valence-electron chi connectivity index (χ2n) is 6.59. The molecule has 0 spiro atoms. The molecule has 0 saturated heterocycles. The molecular formula is C21H24N2O4. The van der Waals surface area contributed by atoms with E-state index in [1.54, 1.807) is 33.0 Å². The average molecular weight is 368 g/mol. The Morgan fingerprint density at radius 3 is 2.48 bits per heavy atom. The molecule has 0 fully saturated rings. The summed E-state index contributed by atoms with van der Waals surface area (Å²) in [7, 11) is 4.91. The van der Waals surface area contributed by atoms with Gasteiger partial charge in [0.05, 0.1) is 18.2 Å². The van der Waals surface area contributed by atoms with E-state index >= 15 is 0 Å². The summed E-state index contributed by atoms with van der Waals surface area (Å²) in [5.74, 6) is -0.436. The van der Waals surface area contributed by atoms with Crippen LogP contribution in [0.25, 0.3) is 10.8 Å². The highest BCUT2D eigenvalue weighted by Gasteiger charge is 2.39. The maximum Gasteiger partial charge on any atom is 0.338 e. The summed E-state index contributed by atoms with van der Waals surface area (Å²) in [5, 5.41) is 2.16. The lowest BCUT2D eigenvalue weighted by Crippen LogP contribution is -2.47. The fraction of sp³-hybridized carbons (Fsp3) is 0.333. The zero-order valence-corrected chi connectivity index (χ0v) is 16.1. The van der Waals surface area contributed by atoms with Gasteiger partial charge < -0.3 is 19.3 Å². The van der Waals surface area contributed by atoms with Gasteiger partial charge in [-0.15, -0.1) is 0 Å². The lowest BCUT2D eigenvalue weighted by atomic mass is 9.92. The number of carbonyl (C=O) groups is 2. The Bertz CT molecular complexity index is 906. The van der Waals surface area contributed by atoms with E-state index in [-0.39, 0.29) is 12.6 Å². The molecular weight excluding hydrogens is 344 g/mol. The first kappa shape index (κ1) is 18.9. The molecule has 0 radical (unpaired) electrons. The van der Waals surface area contributed by atoms with Crippen molar-refractivity contribution >= 4 is 22.8 Å². The minimum absolute atomic E-state index is 0.165. The first-order valence-corrected chi connectivity index (χ1v) is 8.81. The van der Waals surface area contributed by atoms with Gasteiger partial charge in [0.1, 0.15) is 6.61 Å². The highest BCUT2D eigenvalue weighted by Crippen LogP contribution is 2.37. The molecule has 6 nitrogen and oxygen atoms in total. The molecule has 0 unspecified atom stereocenters. The number of methoxy groups -OCH3 is 1. The van der Waals surface area contributed by atoms with Crippen LogP contribution in [0, 0.1) is 0 Å². The topological polar surface area (TPSA) is 59.1 Å². The summed E-state index contributed by atoms with van der Waals surface area (Å²) >= 11 is 0. The van der Waals surface area contributed by atoms with E-state index in [9.17, 15) is 9.59 Å². The van der Waals surface area contributed by atoms with Crippen molar-refractivity contribution in [3.63, 3.8) is 0 Å². The Morgan fingerprint density at radius 1 is 1.07 bits per heavy atom. The third-order valence-electron chi connectivity index (χ3n) is 4.97. The molecule has 2 aromatic carbocycles. The Kier molecular flexibility index (Phi) is 5.46.